The highest BCUT2D eigenvalue weighted by molar-refractivity contribution is 7.69. The first-order valence-corrected chi connectivity index (χ1v) is 6.72. The molecule has 1 saturated heterocycles. The Bertz CT molecular complexity index is 366. The van der Waals surface area contributed by atoms with E-state index in [-0.39, 0.29) is 17.0 Å². The lowest BCUT2D eigenvalue weighted by Gasteiger charge is -2.23. The van der Waals surface area contributed by atoms with Gasteiger partial charge in [0.2, 0.25) is 0 Å². The maximum atomic E-state index is 5.30. The van der Waals surface area contributed by atoms with Crippen molar-refractivity contribution in [2.24, 2.45) is 0 Å². The molecule has 0 amide bonds. The fourth-order valence-corrected chi connectivity index (χ4v) is 3.57. The lowest BCUT2D eigenvalue weighted by atomic mass is 10.5. The third-order valence-corrected chi connectivity index (χ3v) is 4.38. The second-order valence-electron chi connectivity index (χ2n) is 3.34. The molecule has 0 bridgehead atoms. The van der Waals surface area contributed by atoms with Crippen LogP contribution in [0.15, 0.2) is 0 Å². The van der Waals surface area contributed by atoms with Gasteiger partial charge < -0.3 is 26.6 Å². The Morgan fingerprint density at radius 1 is 1.27 bits per heavy atom. The highest BCUT2D eigenvalue weighted by Gasteiger charge is 2.18. The van der Waals surface area contributed by atoms with Crippen molar-refractivity contribution in [3.8, 4) is 0 Å². The molecule has 0 aliphatic carbocycles. The summed E-state index contributed by atoms with van der Waals surface area (Å²) in [5.41, 5.74) is 0. The molecule has 0 unspecified atom stereocenters. The first-order chi connectivity index (χ1) is 6.77. The van der Waals surface area contributed by atoms with Gasteiger partial charge >= 0.3 is 9.93 Å². The van der Waals surface area contributed by atoms with E-state index in [0.29, 0.717) is 0 Å². The van der Waals surface area contributed by atoms with Crippen molar-refractivity contribution in [1.29, 1.82) is 0 Å². The predicted octanol–water partition coefficient (Wildman–Crippen LogP) is -2.92. The largest absolute Gasteiger partial charge is 1.00 e. The number of halogens is 1. The first kappa shape index (κ1) is 13.1. The third kappa shape index (κ3) is 3.24. The van der Waals surface area contributed by atoms with Crippen LogP contribution in [-0.2, 0) is 4.74 Å². The van der Waals surface area contributed by atoms with Crippen LogP contribution in [0.1, 0.15) is 0 Å². The van der Waals surface area contributed by atoms with E-state index in [2.05, 4.69) is 9.88 Å². The zero-order valence-corrected chi connectivity index (χ0v) is 12.0. The third-order valence-electron chi connectivity index (χ3n) is 2.05. The Morgan fingerprint density at radius 3 is 2.47 bits per heavy atom. The lowest BCUT2D eigenvalue weighted by Crippen LogP contribution is -3.00. The zero-order valence-electron chi connectivity index (χ0n) is 8.77. The van der Waals surface area contributed by atoms with E-state index in [1.807, 2.05) is 18.7 Å². The van der Waals surface area contributed by atoms with Crippen LogP contribution in [0.5, 0.6) is 0 Å². The summed E-state index contributed by atoms with van der Waals surface area (Å²) in [6, 6.07) is 0. The summed E-state index contributed by atoms with van der Waals surface area (Å²) < 4.78 is 7.35. The van der Waals surface area contributed by atoms with E-state index in [9.17, 15) is 0 Å². The fourth-order valence-electron chi connectivity index (χ4n) is 1.25. The van der Waals surface area contributed by atoms with Crippen LogP contribution in [0.2, 0.25) is 0 Å². The monoisotopic (exact) mass is 311 g/mol. The minimum atomic E-state index is 0. The minimum absolute atomic E-state index is 0. The van der Waals surface area contributed by atoms with Gasteiger partial charge in [-0.05, 0) is 10.3 Å². The molecule has 1 aliphatic heterocycles. The number of hydrogen-bond acceptors (Lipinski definition) is 5. The number of anilines is 1. The molecule has 1 aromatic heterocycles. The molecular weight excluding hydrogens is 298 g/mol. The van der Waals surface area contributed by atoms with Crippen LogP contribution in [0.4, 0.5) is 5.13 Å². The molecular formula is C8H14BrN3OS2. The van der Waals surface area contributed by atoms with Crippen molar-refractivity contribution in [2.75, 3.05) is 45.3 Å². The zero-order chi connectivity index (χ0) is 9.97. The van der Waals surface area contributed by atoms with E-state index in [1.54, 1.807) is 20.7 Å². The van der Waals surface area contributed by atoms with Crippen molar-refractivity contribution < 1.29 is 21.7 Å². The molecule has 15 heavy (non-hydrogen) atoms. The molecule has 1 aromatic rings. The summed E-state index contributed by atoms with van der Waals surface area (Å²) in [4.78, 5) is 7.94. The normalized spacial score (nSPS) is 16.0. The van der Waals surface area contributed by atoms with Gasteiger partial charge in [-0.1, -0.05) is 0 Å². The molecule has 2 rings (SSSR count). The summed E-state index contributed by atoms with van der Waals surface area (Å²) in [5.74, 6) is 0. The highest BCUT2D eigenvalue weighted by atomic mass is 79.9. The van der Waals surface area contributed by atoms with Gasteiger partial charge in [-0.3, -0.25) is 4.58 Å². The van der Waals surface area contributed by atoms with Crippen molar-refractivity contribution in [3.05, 3.63) is 4.80 Å². The molecule has 7 heteroatoms. The first-order valence-electron chi connectivity index (χ1n) is 4.57. The highest BCUT2D eigenvalue weighted by Crippen LogP contribution is 2.19. The Kier molecular flexibility index (Phi) is 5.17. The average molecular weight is 312 g/mol. The summed E-state index contributed by atoms with van der Waals surface area (Å²) in [6.07, 6.45) is 0. The van der Waals surface area contributed by atoms with Gasteiger partial charge in [-0.2, -0.15) is 0 Å². The van der Waals surface area contributed by atoms with Gasteiger partial charge in [0.15, 0.2) is 0 Å². The molecule has 0 saturated carbocycles. The topological polar surface area (TPSA) is 28.4 Å². The van der Waals surface area contributed by atoms with E-state index < -0.39 is 0 Å². The van der Waals surface area contributed by atoms with Crippen molar-refractivity contribution >= 4 is 25.8 Å². The number of hydrogen-bond donors (Lipinski definition) is 0. The molecule has 4 nitrogen and oxygen atoms in total. The summed E-state index contributed by atoms with van der Waals surface area (Å²) in [5, 5.41) is 1.13. The summed E-state index contributed by atoms with van der Waals surface area (Å²) >= 11 is 0. The SMILES string of the molecule is C[N+](C)=c1nc(N2CCOCC2)ss1.[Br-]. The van der Waals surface area contributed by atoms with E-state index in [1.165, 1.54) is 0 Å². The Morgan fingerprint density at radius 2 is 1.93 bits per heavy atom. The van der Waals surface area contributed by atoms with Gasteiger partial charge in [0.05, 0.1) is 27.3 Å². The van der Waals surface area contributed by atoms with Gasteiger partial charge in [0, 0.05) is 28.4 Å². The van der Waals surface area contributed by atoms with E-state index in [4.69, 9.17) is 4.74 Å². The average Bonchev–Trinajstić information content (AvgIpc) is 2.68. The minimum Gasteiger partial charge on any atom is -1.00 e. The molecule has 2 heterocycles. The van der Waals surface area contributed by atoms with Crippen molar-refractivity contribution in [3.63, 3.8) is 0 Å². The molecule has 1 fully saturated rings. The van der Waals surface area contributed by atoms with Crippen LogP contribution in [-0.4, -0.2) is 45.4 Å². The Balaban J connectivity index is 0.00000112. The molecule has 0 aromatic carbocycles. The molecule has 0 N–H and O–H groups in total. The lowest BCUT2D eigenvalue weighted by molar-refractivity contribution is -0.00000363. The van der Waals surface area contributed by atoms with Crippen molar-refractivity contribution in [1.82, 2.24) is 9.56 Å². The van der Waals surface area contributed by atoms with E-state index >= 15 is 0 Å². The van der Waals surface area contributed by atoms with Crippen LogP contribution in [0.3, 0.4) is 0 Å². The number of rotatable bonds is 1. The number of ether oxygens (including phenoxy) is 1. The van der Waals surface area contributed by atoms with Gasteiger partial charge in [0.1, 0.15) is 0 Å². The maximum absolute atomic E-state index is 5.30. The van der Waals surface area contributed by atoms with Gasteiger partial charge in [-0.25, -0.2) is 0 Å². The second kappa shape index (κ2) is 5.93. The smallest absolute Gasteiger partial charge is 0.390 e. The van der Waals surface area contributed by atoms with Crippen molar-refractivity contribution in [2.45, 2.75) is 0 Å². The second-order valence-corrected chi connectivity index (χ2v) is 5.40. The van der Waals surface area contributed by atoms with Crippen LogP contribution >= 0.6 is 20.7 Å². The van der Waals surface area contributed by atoms with Gasteiger partial charge in [-0.15, -0.1) is 0 Å². The maximum Gasteiger partial charge on any atom is 0.390 e. The number of nitrogens with zero attached hydrogens (tertiary/aromatic N) is 3. The Hall–Kier alpha value is 0.0200. The number of morpholine rings is 1. The number of aromatic nitrogens is 1. The summed E-state index contributed by atoms with van der Waals surface area (Å²) in [6.45, 7) is 3.57. The quantitative estimate of drug-likeness (QED) is 0.411. The molecule has 1 aliphatic rings. The summed E-state index contributed by atoms with van der Waals surface area (Å²) in [7, 11) is 7.51. The van der Waals surface area contributed by atoms with Crippen LogP contribution in [0, 0.1) is 0 Å². The standard InChI is InChI=1S/C8H14N3OS2.BrH/c1-10(2)7-9-8(14-13-7)11-3-5-12-6-4-11;/h3-6H2,1-2H3;1H/q+1;/p-1. The fraction of sp³-hybridized carbons (Fsp3) is 0.750. The molecule has 0 radical (unpaired) electrons. The van der Waals surface area contributed by atoms with E-state index in [0.717, 1.165) is 36.2 Å². The van der Waals surface area contributed by atoms with Crippen LogP contribution in [0.25, 0.3) is 0 Å². The molecule has 0 spiro atoms. The van der Waals surface area contributed by atoms with Crippen LogP contribution < -0.4 is 31.3 Å². The van der Waals surface area contributed by atoms with Gasteiger partial charge in [0.25, 0.3) is 0 Å². The Labute approximate surface area is 107 Å². The molecule has 0 atom stereocenters. The predicted molar refractivity (Wildman–Crippen MR) is 60.1 cm³/mol. The molecule has 86 valence electrons.